The number of thiophene rings is 3. The molecule has 0 unspecified atom stereocenters. The largest absolute Gasteiger partial charge is 0.309 e. The van der Waals surface area contributed by atoms with Gasteiger partial charge in [-0.1, -0.05) is 146 Å². The van der Waals surface area contributed by atoms with Gasteiger partial charge in [0.2, 0.25) is 0 Å². The molecule has 13 aromatic carbocycles. The fourth-order valence-corrected chi connectivity index (χ4v) is 17.7. The minimum Gasteiger partial charge on any atom is -0.309 e. The summed E-state index contributed by atoms with van der Waals surface area (Å²) in [4.78, 5) is 0. The van der Waals surface area contributed by atoms with E-state index in [0.717, 1.165) is 17.1 Å². The third-order valence-corrected chi connectivity index (χ3v) is 20.8. The highest BCUT2D eigenvalue weighted by Gasteiger charge is 2.23. The quantitative estimate of drug-likeness (QED) is 0.157. The third kappa shape index (κ3) is 5.41. The molecule has 0 amide bonds. The molecule has 0 saturated heterocycles. The molecule has 360 valence electrons. The van der Waals surface area contributed by atoms with E-state index in [-0.39, 0.29) is 0 Å². The second-order valence-corrected chi connectivity index (χ2v) is 24.2. The number of fused-ring (bicyclic) bond motifs is 27. The number of para-hydroxylation sites is 3. The van der Waals surface area contributed by atoms with Crippen LogP contribution in [0.3, 0.4) is 0 Å². The zero-order chi connectivity index (χ0) is 50.5. The van der Waals surface area contributed by atoms with Crippen molar-refractivity contribution in [1.29, 1.82) is 0 Å². The van der Waals surface area contributed by atoms with Crippen molar-refractivity contribution in [3.8, 4) is 17.1 Å². The smallest absolute Gasteiger partial charge is 0.0555 e. The van der Waals surface area contributed by atoms with E-state index in [0.29, 0.717) is 0 Å². The molecule has 19 aromatic rings. The maximum Gasteiger partial charge on any atom is 0.0555 e. The summed E-state index contributed by atoms with van der Waals surface area (Å²) in [6.07, 6.45) is 0. The molecule has 6 aromatic heterocycles. The van der Waals surface area contributed by atoms with E-state index in [2.05, 4.69) is 250 Å². The Morgan fingerprint density at radius 3 is 0.782 bits per heavy atom. The average Bonchev–Trinajstić information content (AvgIpc) is 4.28. The van der Waals surface area contributed by atoms with Gasteiger partial charge in [-0.15, -0.1) is 34.0 Å². The van der Waals surface area contributed by atoms with Crippen molar-refractivity contribution in [2.45, 2.75) is 0 Å². The first-order valence-corrected chi connectivity index (χ1v) is 29.1. The van der Waals surface area contributed by atoms with Crippen LogP contribution in [0.4, 0.5) is 0 Å². The van der Waals surface area contributed by atoms with Crippen LogP contribution in [0.1, 0.15) is 0 Å². The Balaban J connectivity index is 0.906. The van der Waals surface area contributed by atoms with Crippen LogP contribution >= 0.6 is 34.0 Å². The van der Waals surface area contributed by atoms with Gasteiger partial charge >= 0.3 is 0 Å². The molecular formula is C72H39N3S3. The lowest BCUT2D eigenvalue weighted by molar-refractivity contribution is 1.18. The second kappa shape index (κ2) is 15.2. The number of rotatable bonds is 3. The van der Waals surface area contributed by atoms with Gasteiger partial charge in [0.15, 0.2) is 0 Å². The van der Waals surface area contributed by atoms with Crippen LogP contribution < -0.4 is 0 Å². The molecule has 0 N–H and O–H groups in total. The highest BCUT2D eigenvalue weighted by molar-refractivity contribution is 7.27. The first kappa shape index (κ1) is 41.9. The Morgan fingerprint density at radius 1 is 0.192 bits per heavy atom. The maximum absolute atomic E-state index is 2.51. The molecule has 0 radical (unpaired) electrons. The minimum absolute atomic E-state index is 1.15. The van der Waals surface area contributed by atoms with Crippen molar-refractivity contribution < 1.29 is 0 Å². The SMILES string of the molecule is c1ccc2c(c1)sc1c2ccc2c1c1ccccc1n2-c1ccc2c(c1)c1ccc(-n3c4ccccc4c4c5sc6ccccc6c5ccc43)cc1c1ccc(-n3c4ccccc4c4c5sc6ccccc6c5ccc43)cc21. The van der Waals surface area contributed by atoms with Gasteiger partial charge < -0.3 is 13.7 Å². The lowest BCUT2D eigenvalue weighted by Crippen LogP contribution is -1.97. The molecule has 3 nitrogen and oxygen atoms in total. The molecule has 0 atom stereocenters. The van der Waals surface area contributed by atoms with Crippen LogP contribution in [-0.2, 0) is 0 Å². The molecule has 0 aliphatic rings. The number of hydrogen-bond acceptors (Lipinski definition) is 3. The fraction of sp³-hybridized carbons (Fsp3) is 0. The lowest BCUT2D eigenvalue weighted by atomic mass is 9.93. The van der Waals surface area contributed by atoms with E-state index in [9.17, 15) is 0 Å². The van der Waals surface area contributed by atoms with Gasteiger partial charge in [-0.2, -0.15) is 0 Å². The summed E-state index contributed by atoms with van der Waals surface area (Å²) in [5.74, 6) is 0. The van der Waals surface area contributed by atoms with Gasteiger partial charge in [-0.05, 0) is 123 Å². The normalized spacial score (nSPS) is 12.6. The highest BCUT2D eigenvalue weighted by atomic mass is 32.1. The van der Waals surface area contributed by atoms with E-state index in [4.69, 9.17) is 0 Å². The van der Waals surface area contributed by atoms with Gasteiger partial charge in [0.25, 0.3) is 0 Å². The Morgan fingerprint density at radius 2 is 0.462 bits per heavy atom. The van der Waals surface area contributed by atoms with E-state index in [1.807, 2.05) is 34.0 Å². The van der Waals surface area contributed by atoms with Crippen LogP contribution in [0.25, 0.3) is 175 Å². The van der Waals surface area contributed by atoms with Crippen LogP contribution in [0, 0.1) is 0 Å². The first-order valence-electron chi connectivity index (χ1n) is 26.6. The minimum atomic E-state index is 1.15. The zero-order valence-corrected chi connectivity index (χ0v) is 44.0. The molecule has 6 heteroatoms. The summed E-state index contributed by atoms with van der Waals surface area (Å²) < 4.78 is 15.5. The maximum atomic E-state index is 2.51. The molecule has 0 fully saturated rings. The van der Waals surface area contributed by atoms with E-state index < -0.39 is 0 Å². The molecule has 0 spiro atoms. The zero-order valence-electron chi connectivity index (χ0n) is 41.6. The number of aromatic nitrogens is 3. The number of benzene rings is 13. The Kier molecular flexibility index (Phi) is 8.17. The first-order chi connectivity index (χ1) is 38.7. The van der Waals surface area contributed by atoms with E-state index in [1.54, 1.807) is 0 Å². The molecule has 78 heavy (non-hydrogen) atoms. The van der Waals surface area contributed by atoms with Crippen LogP contribution in [0.15, 0.2) is 237 Å². The topological polar surface area (TPSA) is 14.8 Å². The van der Waals surface area contributed by atoms with Crippen molar-refractivity contribution in [3.05, 3.63) is 237 Å². The molecule has 19 rings (SSSR count). The molecule has 0 bridgehead atoms. The molecule has 0 aliphatic carbocycles. The van der Waals surface area contributed by atoms with Crippen molar-refractivity contribution in [2.75, 3.05) is 0 Å². The molecule has 6 heterocycles. The Hall–Kier alpha value is -9.30. The molecule has 0 aliphatic heterocycles. The van der Waals surface area contributed by atoms with Crippen LogP contribution in [-0.4, -0.2) is 13.7 Å². The fourth-order valence-electron chi connectivity index (χ4n) is 13.9. The van der Waals surface area contributed by atoms with Crippen LogP contribution in [0.5, 0.6) is 0 Å². The van der Waals surface area contributed by atoms with Gasteiger partial charge in [0.1, 0.15) is 0 Å². The summed E-state index contributed by atoms with van der Waals surface area (Å²) in [6, 6.07) is 89.3. The van der Waals surface area contributed by atoms with Gasteiger partial charge in [-0.25, -0.2) is 0 Å². The van der Waals surface area contributed by atoms with Gasteiger partial charge in [0.05, 0.1) is 33.1 Å². The molecule has 0 saturated carbocycles. The summed E-state index contributed by atoms with van der Waals surface area (Å²) in [5, 5.41) is 23.1. The van der Waals surface area contributed by atoms with Crippen molar-refractivity contribution in [1.82, 2.24) is 13.7 Å². The Bertz CT molecular complexity index is 5290. The molecular weight excluding hydrogens is 1000 g/mol. The van der Waals surface area contributed by atoms with Crippen LogP contribution in [0.2, 0.25) is 0 Å². The summed E-state index contributed by atoms with van der Waals surface area (Å²) in [7, 11) is 0. The van der Waals surface area contributed by atoms with Crippen molar-refractivity contribution in [3.63, 3.8) is 0 Å². The van der Waals surface area contributed by atoms with E-state index in [1.165, 1.54) is 158 Å². The van der Waals surface area contributed by atoms with Gasteiger partial charge in [0, 0.05) is 110 Å². The lowest BCUT2D eigenvalue weighted by Gasteiger charge is -2.17. The predicted octanol–water partition coefficient (Wildman–Crippen LogP) is 21.5. The summed E-state index contributed by atoms with van der Waals surface area (Å²) in [6.45, 7) is 0. The van der Waals surface area contributed by atoms with Gasteiger partial charge in [-0.3, -0.25) is 0 Å². The highest BCUT2D eigenvalue weighted by Crippen LogP contribution is 2.49. The Labute approximate surface area is 456 Å². The number of nitrogens with zero attached hydrogens (tertiary/aromatic N) is 3. The third-order valence-electron chi connectivity index (χ3n) is 17.2. The number of hydrogen-bond donors (Lipinski definition) is 0. The summed E-state index contributed by atoms with van der Waals surface area (Å²) in [5.41, 5.74) is 10.8. The standard InChI is InChI=1S/C72H39N3S3/c1-7-19-58-52(16-1)67-61(34-31-49-46-13-4-10-22-64(46)76-70(49)67)73(58)40-25-28-43-55(37-40)44-29-26-41(74-59-20-8-2-17-53(59)68-62(74)35-32-50-47-14-5-11-23-65(47)77-71(50)68)39-57(44)45-30-27-42(38-56(43)45)75-60-21-9-3-18-54(60)69-63(75)36-33-51-48-15-6-12-24-66(48)78-72(51)69/h1-39H. The van der Waals surface area contributed by atoms with Crippen molar-refractivity contribution in [2.24, 2.45) is 0 Å². The predicted molar refractivity (Wildman–Crippen MR) is 341 cm³/mol. The summed E-state index contributed by atoms with van der Waals surface area (Å²) >= 11 is 5.73. The monoisotopic (exact) mass is 1040 g/mol. The van der Waals surface area contributed by atoms with E-state index >= 15 is 0 Å². The average molecular weight is 1040 g/mol. The second-order valence-electron chi connectivity index (χ2n) is 21.1. The van der Waals surface area contributed by atoms with Crippen molar-refractivity contribution >= 4 is 192 Å².